The predicted octanol–water partition coefficient (Wildman–Crippen LogP) is -0.657. The van der Waals surface area contributed by atoms with Crippen molar-refractivity contribution in [2.24, 2.45) is 0 Å². The van der Waals surface area contributed by atoms with Gasteiger partial charge >= 0.3 is 5.69 Å². The molecule has 1 aliphatic rings. The first-order chi connectivity index (χ1) is 7.61. The minimum Gasteiger partial charge on any atom is -0.394 e. The predicted molar refractivity (Wildman–Crippen MR) is 51.5 cm³/mol. The van der Waals surface area contributed by atoms with E-state index in [1.165, 1.54) is 0 Å². The molecule has 0 saturated carbocycles. The van der Waals surface area contributed by atoms with Crippen LogP contribution in [0.3, 0.4) is 0 Å². The molecule has 0 amide bonds. The Morgan fingerprint density at radius 1 is 1.53 bits per heavy atom. The number of ether oxygens (including phenoxy) is 1. The monoisotopic (exact) mass is 336 g/mol. The number of halogens is 1. The molecule has 0 radical (unpaired) electrons. The van der Waals surface area contributed by atoms with Crippen LogP contribution in [0.15, 0.2) is 15.8 Å². The van der Waals surface area contributed by atoms with E-state index >= 15 is 0 Å². The molecule has 2 unspecified atom stereocenters. The van der Waals surface area contributed by atoms with Crippen molar-refractivity contribution in [3.8, 4) is 0 Å². The van der Waals surface area contributed by atoms with Gasteiger partial charge in [-0.3, -0.25) is 14.3 Å². The van der Waals surface area contributed by atoms with Crippen molar-refractivity contribution in [1.29, 1.82) is 0 Å². The van der Waals surface area contributed by atoms with Gasteiger partial charge in [0.1, 0.15) is 6.23 Å². The quantitative estimate of drug-likeness (QED) is 0.703. The summed E-state index contributed by atoms with van der Waals surface area (Å²) >= 11 is 0. The fourth-order valence-corrected chi connectivity index (χ4v) is 1.70. The van der Waals surface area contributed by atoms with E-state index in [4.69, 9.17) is 9.84 Å². The van der Waals surface area contributed by atoms with Gasteiger partial charge in [-0.2, -0.15) is 4.39 Å². The van der Waals surface area contributed by atoms with E-state index in [2.05, 4.69) is 0 Å². The van der Waals surface area contributed by atoms with Crippen molar-refractivity contribution in [1.82, 2.24) is 9.55 Å². The second-order valence-electron chi connectivity index (χ2n) is 3.62. The number of nitrogens with zero attached hydrogens (tertiary/aromatic N) is 1. The van der Waals surface area contributed by atoms with Gasteiger partial charge in [0.05, 0.1) is 18.9 Å². The zero-order valence-corrected chi connectivity index (χ0v) is 10.2. The molecule has 1 aromatic heterocycles. The normalized spacial score (nSPS) is 23.4. The second-order valence-corrected chi connectivity index (χ2v) is 3.62. The van der Waals surface area contributed by atoms with Crippen LogP contribution in [0.2, 0.25) is 0 Å². The zero-order valence-electron chi connectivity index (χ0n) is 8.67. The Morgan fingerprint density at radius 2 is 2.24 bits per heavy atom. The van der Waals surface area contributed by atoms with Crippen LogP contribution in [-0.4, -0.2) is 27.4 Å². The van der Waals surface area contributed by atoms with E-state index in [-0.39, 0.29) is 33.1 Å². The third kappa shape index (κ3) is 2.90. The zero-order chi connectivity index (χ0) is 11.7. The van der Waals surface area contributed by atoms with E-state index in [0.29, 0.717) is 12.8 Å². The SMILES string of the molecule is O=c1[nH]c(=O)n(C2CCC(CO)O2)cc1F.[Pd]. The Bertz CT molecular complexity index is 501. The van der Waals surface area contributed by atoms with Crippen molar-refractivity contribution >= 4 is 0 Å². The molecular weight excluding hydrogens is 326 g/mol. The van der Waals surface area contributed by atoms with Crippen LogP contribution in [0.1, 0.15) is 19.1 Å². The van der Waals surface area contributed by atoms with Gasteiger partial charge in [-0.05, 0) is 12.8 Å². The molecule has 1 aliphatic heterocycles. The molecule has 98 valence electrons. The maximum Gasteiger partial charge on any atom is 0.330 e. The smallest absolute Gasteiger partial charge is 0.330 e. The Kier molecular flexibility index (Phi) is 4.77. The Morgan fingerprint density at radius 3 is 2.82 bits per heavy atom. The maximum absolute atomic E-state index is 13.0. The minimum absolute atomic E-state index is 0. The molecule has 2 heterocycles. The molecule has 2 N–H and O–H groups in total. The molecule has 0 spiro atoms. The van der Waals surface area contributed by atoms with E-state index in [0.717, 1.165) is 10.8 Å². The topological polar surface area (TPSA) is 84.3 Å². The molecule has 0 aromatic carbocycles. The molecule has 2 atom stereocenters. The number of H-pyrrole nitrogens is 1. The Hall–Kier alpha value is -0.808. The first-order valence-corrected chi connectivity index (χ1v) is 4.89. The number of aliphatic hydroxyl groups excluding tert-OH is 1. The number of aromatic amines is 1. The molecule has 0 bridgehead atoms. The van der Waals surface area contributed by atoms with Gasteiger partial charge in [-0.1, -0.05) is 0 Å². The first-order valence-electron chi connectivity index (χ1n) is 4.89. The molecular formula is C9H11FN2O4Pd. The molecule has 2 rings (SSSR count). The summed E-state index contributed by atoms with van der Waals surface area (Å²) in [6.45, 7) is -0.142. The van der Waals surface area contributed by atoms with E-state index < -0.39 is 23.3 Å². The summed E-state index contributed by atoms with van der Waals surface area (Å²) < 4.78 is 19.3. The minimum atomic E-state index is -1.04. The van der Waals surface area contributed by atoms with Crippen molar-refractivity contribution in [3.05, 3.63) is 32.9 Å². The van der Waals surface area contributed by atoms with Crippen LogP contribution in [0, 0.1) is 5.82 Å². The summed E-state index contributed by atoms with van der Waals surface area (Å²) in [5, 5.41) is 8.85. The average Bonchev–Trinajstić information content (AvgIpc) is 2.71. The molecule has 6 nitrogen and oxygen atoms in total. The van der Waals surface area contributed by atoms with Gasteiger partial charge in [-0.15, -0.1) is 0 Å². The van der Waals surface area contributed by atoms with Crippen LogP contribution in [0.4, 0.5) is 4.39 Å². The van der Waals surface area contributed by atoms with Crippen molar-refractivity contribution in [3.63, 3.8) is 0 Å². The van der Waals surface area contributed by atoms with Gasteiger partial charge < -0.3 is 9.84 Å². The summed E-state index contributed by atoms with van der Waals surface area (Å²) in [5.74, 6) is -1.03. The Balaban J connectivity index is 0.00000144. The fraction of sp³-hybridized carbons (Fsp3) is 0.556. The van der Waals surface area contributed by atoms with E-state index in [1.54, 1.807) is 0 Å². The van der Waals surface area contributed by atoms with Gasteiger partial charge in [0, 0.05) is 20.4 Å². The number of rotatable bonds is 2. The second kappa shape index (κ2) is 5.69. The number of aromatic nitrogens is 2. The van der Waals surface area contributed by atoms with Crippen molar-refractivity contribution < 1.29 is 34.7 Å². The number of nitrogens with one attached hydrogen (secondary N) is 1. The summed E-state index contributed by atoms with van der Waals surface area (Å²) in [4.78, 5) is 24.0. The van der Waals surface area contributed by atoms with Gasteiger partial charge in [0.2, 0.25) is 5.82 Å². The van der Waals surface area contributed by atoms with Gasteiger partial charge in [-0.25, -0.2) is 4.79 Å². The maximum atomic E-state index is 13.0. The van der Waals surface area contributed by atoms with Crippen LogP contribution in [-0.2, 0) is 25.2 Å². The summed E-state index contributed by atoms with van der Waals surface area (Å²) in [6, 6.07) is 0. The fourth-order valence-electron chi connectivity index (χ4n) is 1.70. The van der Waals surface area contributed by atoms with Gasteiger partial charge in [0.15, 0.2) is 0 Å². The third-order valence-corrected chi connectivity index (χ3v) is 2.52. The van der Waals surface area contributed by atoms with Crippen LogP contribution in [0.5, 0.6) is 0 Å². The van der Waals surface area contributed by atoms with E-state index in [9.17, 15) is 14.0 Å². The first kappa shape index (κ1) is 14.3. The molecule has 1 saturated heterocycles. The van der Waals surface area contributed by atoms with Crippen molar-refractivity contribution in [2.45, 2.75) is 25.2 Å². The largest absolute Gasteiger partial charge is 0.394 e. The molecule has 17 heavy (non-hydrogen) atoms. The third-order valence-electron chi connectivity index (χ3n) is 2.52. The van der Waals surface area contributed by atoms with Gasteiger partial charge in [0.25, 0.3) is 5.56 Å². The summed E-state index contributed by atoms with van der Waals surface area (Å²) in [6.07, 6.45) is 0.944. The number of aliphatic hydroxyl groups is 1. The molecule has 8 heteroatoms. The number of hydrogen-bond acceptors (Lipinski definition) is 4. The molecule has 1 fully saturated rings. The van der Waals surface area contributed by atoms with E-state index in [1.807, 2.05) is 4.98 Å². The summed E-state index contributed by atoms with van der Waals surface area (Å²) in [7, 11) is 0. The number of hydrogen-bond donors (Lipinski definition) is 2. The molecule has 0 aliphatic carbocycles. The Labute approximate surface area is 109 Å². The standard InChI is InChI=1S/C9H11FN2O4.Pd/c10-6-3-12(9(15)11-8(6)14)7-2-1-5(4-13)16-7;/h3,5,7,13H,1-2,4H2,(H,11,14,15);. The average molecular weight is 337 g/mol. The summed E-state index contributed by atoms with van der Waals surface area (Å²) in [5.41, 5.74) is -1.76. The van der Waals surface area contributed by atoms with Crippen molar-refractivity contribution in [2.75, 3.05) is 6.61 Å². The van der Waals surface area contributed by atoms with Crippen LogP contribution >= 0.6 is 0 Å². The van der Waals surface area contributed by atoms with Crippen LogP contribution < -0.4 is 11.2 Å². The molecule has 1 aromatic rings. The van der Waals surface area contributed by atoms with Crippen LogP contribution in [0.25, 0.3) is 0 Å².